The lowest BCUT2D eigenvalue weighted by Gasteiger charge is -2.44. The van der Waals surface area contributed by atoms with E-state index in [0.29, 0.717) is 18.1 Å². The first-order valence-corrected chi connectivity index (χ1v) is 8.15. The summed E-state index contributed by atoms with van der Waals surface area (Å²) in [6.45, 7) is 11.4. The van der Waals surface area contributed by atoms with Crippen molar-refractivity contribution in [3.63, 3.8) is 0 Å². The molecule has 0 radical (unpaired) electrons. The van der Waals surface area contributed by atoms with Crippen LogP contribution in [0.25, 0.3) is 0 Å². The predicted octanol–water partition coefficient (Wildman–Crippen LogP) is 4.11. The molecule has 1 aliphatic rings. The summed E-state index contributed by atoms with van der Waals surface area (Å²) >= 11 is 6.13. The second kappa shape index (κ2) is 6.93. The number of piperazine rings is 1. The Labute approximate surface area is 128 Å². The predicted molar refractivity (Wildman–Crippen MR) is 87.3 cm³/mol. The average molecular weight is 295 g/mol. The zero-order valence-electron chi connectivity index (χ0n) is 13.1. The molecule has 1 saturated heterocycles. The summed E-state index contributed by atoms with van der Waals surface area (Å²) in [5, 5.41) is 4.53. The van der Waals surface area contributed by atoms with Crippen molar-refractivity contribution in [1.29, 1.82) is 0 Å². The van der Waals surface area contributed by atoms with Gasteiger partial charge in [-0.05, 0) is 37.5 Å². The van der Waals surface area contributed by atoms with Gasteiger partial charge in [-0.1, -0.05) is 44.0 Å². The smallest absolute Gasteiger partial charge is 0.0409 e. The van der Waals surface area contributed by atoms with Crippen LogP contribution in [0.3, 0.4) is 0 Å². The fourth-order valence-corrected chi connectivity index (χ4v) is 3.27. The van der Waals surface area contributed by atoms with E-state index in [1.807, 2.05) is 12.1 Å². The molecule has 2 rings (SSSR count). The van der Waals surface area contributed by atoms with Crippen LogP contribution < -0.4 is 5.32 Å². The van der Waals surface area contributed by atoms with E-state index >= 15 is 0 Å². The van der Waals surface area contributed by atoms with Crippen molar-refractivity contribution < 1.29 is 0 Å². The van der Waals surface area contributed by atoms with Crippen molar-refractivity contribution in [2.24, 2.45) is 5.92 Å². The molecule has 0 saturated carbocycles. The lowest BCUT2D eigenvalue weighted by molar-refractivity contribution is 0.0819. The van der Waals surface area contributed by atoms with Crippen LogP contribution in [0.4, 0.5) is 0 Å². The Bertz CT molecular complexity index is 435. The second-order valence-corrected chi connectivity index (χ2v) is 6.61. The molecule has 1 aliphatic heterocycles. The first kappa shape index (κ1) is 15.8. The Morgan fingerprint density at radius 3 is 2.80 bits per heavy atom. The number of halogens is 1. The molecule has 1 aromatic rings. The van der Waals surface area contributed by atoms with E-state index in [1.54, 1.807) is 0 Å². The van der Waals surface area contributed by atoms with Crippen LogP contribution in [0.5, 0.6) is 0 Å². The maximum Gasteiger partial charge on any atom is 0.0409 e. The first-order valence-electron chi connectivity index (χ1n) is 7.77. The standard InChI is InChI=1S/C17H27ClN2/c1-5-12(2)17-11-20(13(3)10-19-17)14(4)15-7-6-8-16(18)9-15/h6-9,12-14,17,19H,5,10-11H2,1-4H3. The summed E-state index contributed by atoms with van der Waals surface area (Å²) in [6.07, 6.45) is 1.23. The van der Waals surface area contributed by atoms with Crippen molar-refractivity contribution in [3.8, 4) is 0 Å². The molecule has 1 N–H and O–H groups in total. The highest BCUT2D eigenvalue weighted by molar-refractivity contribution is 6.30. The summed E-state index contributed by atoms with van der Waals surface area (Å²) in [4.78, 5) is 2.61. The molecule has 4 unspecified atom stereocenters. The lowest BCUT2D eigenvalue weighted by atomic mass is 9.93. The highest BCUT2D eigenvalue weighted by atomic mass is 35.5. The van der Waals surface area contributed by atoms with Gasteiger partial charge < -0.3 is 5.32 Å². The van der Waals surface area contributed by atoms with Gasteiger partial charge in [0.2, 0.25) is 0 Å². The number of benzene rings is 1. The zero-order valence-corrected chi connectivity index (χ0v) is 13.8. The third-order valence-electron chi connectivity index (χ3n) is 4.81. The minimum Gasteiger partial charge on any atom is -0.311 e. The molecule has 1 aromatic carbocycles. The molecule has 0 aliphatic carbocycles. The summed E-state index contributed by atoms with van der Waals surface area (Å²) in [5.74, 6) is 0.719. The average Bonchev–Trinajstić information content (AvgIpc) is 2.46. The van der Waals surface area contributed by atoms with Gasteiger partial charge in [-0.25, -0.2) is 0 Å². The third-order valence-corrected chi connectivity index (χ3v) is 5.04. The highest BCUT2D eigenvalue weighted by Crippen LogP contribution is 2.27. The van der Waals surface area contributed by atoms with Crippen LogP contribution in [0.15, 0.2) is 24.3 Å². The minimum absolute atomic E-state index is 0.414. The van der Waals surface area contributed by atoms with E-state index in [4.69, 9.17) is 11.6 Å². The number of nitrogens with zero attached hydrogens (tertiary/aromatic N) is 1. The largest absolute Gasteiger partial charge is 0.311 e. The molecule has 3 heteroatoms. The summed E-state index contributed by atoms with van der Waals surface area (Å²) < 4.78 is 0. The SMILES string of the molecule is CCC(C)C1CN(C(C)c2cccc(Cl)c2)C(C)CN1. The Kier molecular flexibility index (Phi) is 5.48. The minimum atomic E-state index is 0.414. The highest BCUT2D eigenvalue weighted by Gasteiger charge is 2.31. The van der Waals surface area contributed by atoms with Gasteiger partial charge >= 0.3 is 0 Å². The molecule has 112 valence electrons. The normalized spacial score (nSPS) is 27.2. The van der Waals surface area contributed by atoms with Crippen LogP contribution >= 0.6 is 11.6 Å². The van der Waals surface area contributed by atoms with Crippen molar-refractivity contribution in [2.75, 3.05) is 13.1 Å². The Morgan fingerprint density at radius 1 is 1.40 bits per heavy atom. The maximum atomic E-state index is 6.13. The molecule has 0 amide bonds. The topological polar surface area (TPSA) is 15.3 Å². The fourth-order valence-electron chi connectivity index (χ4n) is 3.07. The summed E-state index contributed by atoms with van der Waals surface area (Å²) in [7, 11) is 0. The van der Waals surface area contributed by atoms with Crippen LogP contribution in [0.2, 0.25) is 5.02 Å². The Balaban J connectivity index is 2.12. The Hall–Kier alpha value is -0.570. The second-order valence-electron chi connectivity index (χ2n) is 6.18. The van der Waals surface area contributed by atoms with Crippen molar-refractivity contribution in [1.82, 2.24) is 10.2 Å². The summed E-state index contributed by atoms with van der Waals surface area (Å²) in [5.41, 5.74) is 1.31. The van der Waals surface area contributed by atoms with E-state index in [2.05, 4.69) is 50.0 Å². The van der Waals surface area contributed by atoms with Gasteiger partial charge in [-0.15, -0.1) is 0 Å². The number of nitrogens with one attached hydrogen (secondary N) is 1. The van der Waals surface area contributed by atoms with E-state index in [9.17, 15) is 0 Å². The van der Waals surface area contributed by atoms with Gasteiger partial charge in [0.1, 0.15) is 0 Å². The van der Waals surface area contributed by atoms with E-state index in [0.717, 1.165) is 24.0 Å². The monoisotopic (exact) mass is 294 g/mol. The molecule has 2 nitrogen and oxygen atoms in total. The molecular weight excluding hydrogens is 268 g/mol. The molecule has 0 bridgehead atoms. The Morgan fingerprint density at radius 2 is 2.15 bits per heavy atom. The molecular formula is C17H27ClN2. The lowest BCUT2D eigenvalue weighted by Crippen LogP contribution is -2.57. The van der Waals surface area contributed by atoms with Crippen LogP contribution in [-0.4, -0.2) is 30.1 Å². The fraction of sp³-hybridized carbons (Fsp3) is 0.647. The van der Waals surface area contributed by atoms with Crippen LogP contribution in [0.1, 0.15) is 45.7 Å². The number of hydrogen-bond acceptors (Lipinski definition) is 2. The summed E-state index contributed by atoms with van der Waals surface area (Å²) in [6, 6.07) is 9.84. The molecule has 20 heavy (non-hydrogen) atoms. The molecule has 0 spiro atoms. The van der Waals surface area contributed by atoms with Crippen molar-refractivity contribution in [2.45, 2.75) is 52.2 Å². The number of rotatable bonds is 4. The van der Waals surface area contributed by atoms with Gasteiger partial charge in [0.25, 0.3) is 0 Å². The molecule has 0 aromatic heterocycles. The van der Waals surface area contributed by atoms with Crippen molar-refractivity contribution in [3.05, 3.63) is 34.9 Å². The molecule has 1 fully saturated rings. The quantitative estimate of drug-likeness (QED) is 0.899. The van der Waals surface area contributed by atoms with Crippen LogP contribution in [-0.2, 0) is 0 Å². The van der Waals surface area contributed by atoms with Crippen LogP contribution in [0, 0.1) is 5.92 Å². The third kappa shape index (κ3) is 3.55. The first-order chi connectivity index (χ1) is 9.52. The van der Waals surface area contributed by atoms with E-state index in [1.165, 1.54) is 12.0 Å². The van der Waals surface area contributed by atoms with Gasteiger partial charge in [-0.2, -0.15) is 0 Å². The van der Waals surface area contributed by atoms with E-state index in [-0.39, 0.29) is 0 Å². The number of hydrogen-bond donors (Lipinski definition) is 1. The van der Waals surface area contributed by atoms with E-state index < -0.39 is 0 Å². The van der Waals surface area contributed by atoms with Gasteiger partial charge in [0.15, 0.2) is 0 Å². The molecule has 1 heterocycles. The van der Waals surface area contributed by atoms with Crippen molar-refractivity contribution >= 4 is 11.6 Å². The van der Waals surface area contributed by atoms with Gasteiger partial charge in [-0.3, -0.25) is 4.90 Å². The maximum absolute atomic E-state index is 6.13. The van der Waals surface area contributed by atoms with Gasteiger partial charge in [0.05, 0.1) is 0 Å². The van der Waals surface area contributed by atoms with Gasteiger partial charge in [0, 0.05) is 36.2 Å². The zero-order chi connectivity index (χ0) is 14.7. The molecule has 4 atom stereocenters.